The molecule has 21 heavy (non-hydrogen) atoms. The van der Waals surface area contributed by atoms with Crippen LogP contribution in [0.3, 0.4) is 0 Å². The van der Waals surface area contributed by atoms with Crippen LogP contribution in [0.4, 0.5) is 0 Å². The van der Waals surface area contributed by atoms with Crippen molar-refractivity contribution in [1.29, 1.82) is 0 Å². The van der Waals surface area contributed by atoms with Crippen LogP contribution >= 0.6 is 34.7 Å². The van der Waals surface area contributed by atoms with Crippen molar-refractivity contribution in [2.45, 2.75) is 17.6 Å². The summed E-state index contributed by atoms with van der Waals surface area (Å²) in [7, 11) is 3.33. The Kier molecular flexibility index (Phi) is 4.67. The van der Waals surface area contributed by atoms with Gasteiger partial charge in [0, 0.05) is 21.1 Å². The van der Waals surface area contributed by atoms with Gasteiger partial charge in [0.25, 0.3) is 0 Å². The van der Waals surface area contributed by atoms with E-state index < -0.39 is 0 Å². The van der Waals surface area contributed by atoms with E-state index in [0.29, 0.717) is 0 Å². The number of thioether (sulfide) groups is 1. The number of ether oxygens (including phenoxy) is 2. The largest absolute Gasteiger partial charge is 0.497 e. The van der Waals surface area contributed by atoms with E-state index in [1.807, 2.05) is 41.3 Å². The second-order valence-electron chi connectivity index (χ2n) is 4.87. The Morgan fingerprint density at radius 1 is 1.19 bits per heavy atom. The summed E-state index contributed by atoms with van der Waals surface area (Å²) in [6, 6.07) is 8.02. The fourth-order valence-corrected chi connectivity index (χ4v) is 5.23. The number of rotatable bonds is 4. The van der Waals surface area contributed by atoms with Crippen molar-refractivity contribution in [3.05, 3.63) is 45.1 Å². The van der Waals surface area contributed by atoms with E-state index in [1.54, 1.807) is 14.2 Å². The molecule has 3 rings (SSSR count). The van der Waals surface area contributed by atoms with Gasteiger partial charge in [-0.3, -0.25) is 0 Å². The Labute approximate surface area is 138 Å². The number of halogens is 1. The molecule has 1 aliphatic heterocycles. The highest BCUT2D eigenvalue weighted by Crippen LogP contribution is 2.42. The lowest BCUT2D eigenvalue weighted by atomic mass is 10.1. The number of methoxy groups -OCH3 is 2. The lowest BCUT2D eigenvalue weighted by Gasteiger charge is -2.14. The van der Waals surface area contributed by atoms with Crippen LogP contribution in [0.5, 0.6) is 11.5 Å². The van der Waals surface area contributed by atoms with Crippen molar-refractivity contribution in [3.63, 3.8) is 0 Å². The second-order valence-corrected chi connectivity index (χ2v) is 7.58. The third kappa shape index (κ3) is 3.03. The number of benzene rings is 1. The van der Waals surface area contributed by atoms with E-state index in [-0.39, 0.29) is 5.38 Å². The van der Waals surface area contributed by atoms with Crippen LogP contribution < -0.4 is 9.47 Å². The third-order valence-corrected chi connectivity index (χ3v) is 6.52. The van der Waals surface area contributed by atoms with Crippen LogP contribution in [-0.2, 0) is 12.2 Å². The zero-order valence-electron chi connectivity index (χ0n) is 12.0. The molecule has 0 saturated heterocycles. The molecule has 2 heterocycles. The molecule has 0 fully saturated rings. The summed E-state index contributed by atoms with van der Waals surface area (Å²) in [5, 5.41) is -0.198. The highest BCUT2D eigenvalue weighted by molar-refractivity contribution is 7.98. The molecule has 1 aromatic carbocycles. The van der Waals surface area contributed by atoms with Crippen molar-refractivity contribution in [2.24, 2.45) is 0 Å². The highest BCUT2D eigenvalue weighted by atomic mass is 35.5. The summed E-state index contributed by atoms with van der Waals surface area (Å²) in [5.41, 5.74) is 2.41. The first-order chi connectivity index (χ1) is 10.2. The first-order valence-electron chi connectivity index (χ1n) is 6.78. The molecular formula is C16H17ClO2S2. The SMILES string of the molecule is COc1ccc(OC)c(C(Cl)c2cc3c(s2)CCSC3)c1. The van der Waals surface area contributed by atoms with Gasteiger partial charge in [0.1, 0.15) is 11.5 Å². The maximum absolute atomic E-state index is 6.73. The predicted octanol–water partition coefficient (Wildman–Crippen LogP) is 4.88. The second kappa shape index (κ2) is 6.51. The first-order valence-corrected chi connectivity index (χ1v) is 9.19. The number of fused-ring (bicyclic) bond motifs is 1. The number of aryl methyl sites for hydroxylation is 1. The predicted molar refractivity (Wildman–Crippen MR) is 91.4 cm³/mol. The fraction of sp³-hybridized carbons (Fsp3) is 0.375. The van der Waals surface area contributed by atoms with Gasteiger partial charge in [0.2, 0.25) is 0 Å². The Balaban J connectivity index is 1.97. The standard InChI is InChI=1S/C16H17ClO2S2/c1-18-11-3-4-13(19-2)12(8-11)16(17)15-7-10-9-20-6-5-14(10)21-15/h3-4,7-8,16H,5-6,9H2,1-2H3. The van der Waals surface area contributed by atoms with E-state index in [0.717, 1.165) is 29.2 Å². The molecule has 5 heteroatoms. The third-order valence-electron chi connectivity index (χ3n) is 3.61. The van der Waals surface area contributed by atoms with E-state index in [1.165, 1.54) is 21.1 Å². The summed E-state index contributed by atoms with van der Waals surface area (Å²) in [4.78, 5) is 2.67. The van der Waals surface area contributed by atoms with Crippen LogP contribution in [0.25, 0.3) is 0 Å². The van der Waals surface area contributed by atoms with Crippen molar-refractivity contribution in [1.82, 2.24) is 0 Å². The summed E-state index contributed by atoms with van der Waals surface area (Å²) in [6.45, 7) is 0. The van der Waals surface area contributed by atoms with Crippen LogP contribution in [0.2, 0.25) is 0 Å². The fourth-order valence-electron chi connectivity index (χ4n) is 2.49. The van der Waals surface area contributed by atoms with Crippen molar-refractivity contribution in [2.75, 3.05) is 20.0 Å². The summed E-state index contributed by atoms with van der Waals surface area (Å²) in [6.07, 6.45) is 1.16. The van der Waals surface area contributed by atoms with E-state index in [9.17, 15) is 0 Å². The molecule has 112 valence electrons. The highest BCUT2D eigenvalue weighted by Gasteiger charge is 2.22. The van der Waals surface area contributed by atoms with Crippen LogP contribution in [0.1, 0.15) is 26.3 Å². The van der Waals surface area contributed by atoms with E-state index >= 15 is 0 Å². The zero-order valence-corrected chi connectivity index (χ0v) is 14.4. The van der Waals surface area contributed by atoms with Crippen molar-refractivity contribution < 1.29 is 9.47 Å². The Morgan fingerprint density at radius 2 is 2.05 bits per heavy atom. The lowest BCUT2D eigenvalue weighted by Crippen LogP contribution is -1.97. The van der Waals surface area contributed by atoms with Gasteiger partial charge in [-0.05, 0) is 42.0 Å². The first kappa shape index (κ1) is 15.1. The molecule has 0 N–H and O–H groups in total. The molecule has 2 aromatic rings. The topological polar surface area (TPSA) is 18.5 Å². The van der Waals surface area contributed by atoms with Crippen LogP contribution in [0.15, 0.2) is 24.3 Å². The number of thiophene rings is 1. The smallest absolute Gasteiger partial charge is 0.124 e. The zero-order chi connectivity index (χ0) is 14.8. The molecule has 0 radical (unpaired) electrons. The van der Waals surface area contributed by atoms with Gasteiger partial charge < -0.3 is 9.47 Å². The van der Waals surface area contributed by atoms with Crippen LogP contribution in [-0.4, -0.2) is 20.0 Å². The Hall–Kier alpha value is -0.840. The average molecular weight is 341 g/mol. The molecule has 1 aliphatic rings. The van der Waals surface area contributed by atoms with Gasteiger partial charge in [-0.2, -0.15) is 11.8 Å². The molecule has 0 aliphatic carbocycles. The summed E-state index contributed by atoms with van der Waals surface area (Å²) < 4.78 is 10.8. The van der Waals surface area contributed by atoms with Gasteiger partial charge in [0.05, 0.1) is 19.6 Å². The van der Waals surface area contributed by atoms with Crippen molar-refractivity contribution >= 4 is 34.7 Å². The minimum atomic E-state index is -0.198. The molecule has 1 atom stereocenters. The van der Waals surface area contributed by atoms with Gasteiger partial charge in [-0.1, -0.05) is 0 Å². The Bertz CT molecular complexity index is 616. The number of alkyl halides is 1. The monoisotopic (exact) mass is 340 g/mol. The average Bonchev–Trinajstić information content (AvgIpc) is 2.97. The molecule has 0 bridgehead atoms. The molecule has 2 nitrogen and oxygen atoms in total. The molecule has 0 spiro atoms. The van der Waals surface area contributed by atoms with E-state index in [4.69, 9.17) is 21.1 Å². The van der Waals surface area contributed by atoms with Crippen molar-refractivity contribution in [3.8, 4) is 11.5 Å². The maximum Gasteiger partial charge on any atom is 0.124 e. The maximum atomic E-state index is 6.73. The van der Waals surface area contributed by atoms with Gasteiger partial charge in [-0.15, -0.1) is 22.9 Å². The van der Waals surface area contributed by atoms with E-state index in [2.05, 4.69) is 6.07 Å². The summed E-state index contributed by atoms with van der Waals surface area (Å²) in [5.74, 6) is 3.91. The van der Waals surface area contributed by atoms with Crippen LogP contribution in [0, 0.1) is 0 Å². The van der Waals surface area contributed by atoms with Gasteiger partial charge >= 0.3 is 0 Å². The van der Waals surface area contributed by atoms with Gasteiger partial charge in [0.15, 0.2) is 0 Å². The molecule has 1 unspecified atom stereocenters. The summed E-state index contributed by atoms with van der Waals surface area (Å²) >= 11 is 10.6. The molecular weight excluding hydrogens is 324 g/mol. The number of hydrogen-bond acceptors (Lipinski definition) is 4. The molecule has 0 amide bonds. The molecule has 1 aromatic heterocycles. The number of hydrogen-bond donors (Lipinski definition) is 0. The minimum absolute atomic E-state index is 0.198. The Morgan fingerprint density at radius 3 is 2.76 bits per heavy atom. The minimum Gasteiger partial charge on any atom is -0.497 e. The quantitative estimate of drug-likeness (QED) is 0.739. The normalized spacial score (nSPS) is 15.4. The van der Waals surface area contributed by atoms with Gasteiger partial charge in [-0.25, -0.2) is 0 Å². The lowest BCUT2D eigenvalue weighted by molar-refractivity contribution is 0.399. The molecule has 0 saturated carbocycles.